The van der Waals surface area contributed by atoms with Crippen LogP contribution in [-0.4, -0.2) is 19.2 Å². The van der Waals surface area contributed by atoms with Gasteiger partial charge in [0.05, 0.1) is 19.2 Å². The Balaban J connectivity index is 1.64. The Kier molecular flexibility index (Phi) is 5.99. The number of rotatable bonds is 7. The molecule has 1 saturated carbocycles. The number of ether oxygens (including phenoxy) is 1. The zero-order valence-electron chi connectivity index (χ0n) is 11.8. The van der Waals surface area contributed by atoms with Crippen LogP contribution in [0, 0.1) is 0 Å². The highest BCUT2D eigenvalue weighted by atomic mass is 35.5. The average Bonchev–Trinajstić information content (AvgIpc) is 2.93. The van der Waals surface area contributed by atoms with Crippen molar-refractivity contribution in [2.75, 3.05) is 13.2 Å². The zero-order chi connectivity index (χ0) is 13.5. The van der Waals surface area contributed by atoms with Crippen LogP contribution < -0.4 is 10.1 Å². The Morgan fingerprint density at radius 1 is 1.32 bits per heavy atom. The minimum atomic E-state index is 0.800. The molecule has 2 rings (SSSR count). The van der Waals surface area contributed by atoms with Crippen molar-refractivity contribution in [2.24, 2.45) is 0 Å². The highest BCUT2D eigenvalue weighted by Crippen LogP contribution is 2.22. The van der Waals surface area contributed by atoms with E-state index in [1.165, 1.54) is 32.2 Å². The molecule has 0 saturated heterocycles. The maximum Gasteiger partial charge on any atom is 0.119 e. The van der Waals surface area contributed by atoms with Gasteiger partial charge in [0.25, 0.3) is 0 Å². The molecule has 0 atom stereocenters. The van der Waals surface area contributed by atoms with Gasteiger partial charge in [-0.25, -0.2) is 0 Å². The molecule has 19 heavy (non-hydrogen) atoms. The van der Waals surface area contributed by atoms with Gasteiger partial charge in [-0.1, -0.05) is 18.5 Å². The molecule has 1 aromatic rings. The van der Waals surface area contributed by atoms with Gasteiger partial charge in [-0.15, -0.1) is 0 Å². The van der Waals surface area contributed by atoms with E-state index in [0.29, 0.717) is 0 Å². The maximum absolute atomic E-state index is 6.09. The molecule has 0 bridgehead atoms. The quantitative estimate of drug-likeness (QED) is 0.764. The van der Waals surface area contributed by atoms with E-state index >= 15 is 0 Å². The van der Waals surface area contributed by atoms with Crippen LogP contribution in [0.4, 0.5) is 0 Å². The third kappa shape index (κ3) is 4.70. The summed E-state index contributed by atoms with van der Waals surface area (Å²) >= 11 is 6.09. The lowest BCUT2D eigenvalue weighted by Crippen LogP contribution is -2.89. The first-order chi connectivity index (χ1) is 9.29. The monoisotopic (exact) mass is 282 g/mol. The number of aryl methyl sites for hydroxylation is 1. The van der Waals surface area contributed by atoms with Gasteiger partial charge in [0, 0.05) is 11.4 Å². The van der Waals surface area contributed by atoms with Gasteiger partial charge in [0.2, 0.25) is 0 Å². The number of halogens is 1. The molecule has 106 valence electrons. The summed E-state index contributed by atoms with van der Waals surface area (Å²) in [7, 11) is 0. The topological polar surface area (TPSA) is 25.8 Å². The van der Waals surface area contributed by atoms with Crippen LogP contribution in [0.15, 0.2) is 18.2 Å². The number of hydrogen-bond acceptors (Lipinski definition) is 1. The highest BCUT2D eigenvalue weighted by Gasteiger charge is 2.16. The van der Waals surface area contributed by atoms with Crippen LogP contribution in [0.25, 0.3) is 0 Å². The minimum absolute atomic E-state index is 0.800. The lowest BCUT2D eigenvalue weighted by atomic mass is 10.1. The van der Waals surface area contributed by atoms with Gasteiger partial charge in [-0.2, -0.15) is 0 Å². The molecule has 0 heterocycles. The van der Waals surface area contributed by atoms with Gasteiger partial charge in [0.15, 0.2) is 0 Å². The molecule has 2 nitrogen and oxygen atoms in total. The standard InChI is InChI=1S/C16H24ClNO/c1-2-13-12-15(8-9-16(13)17)19-11-5-10-18-14-6-3-4-7-14/h8-9,12,14,18H,2-7,10-11H2,1H3/p+1. The molecule has 1 aliphatic carbocycles. The van der Waals surface area contributed by atoms with E-state index in [1.807, 2.05) is 12.1 Å². The van der Waals surface area contributed by atoms with E-state index in [9.17, 15) is 0 Å². The number of quaternary nitrogens is 1. The summed E-state index contributed by atoms with van der Waals surface area (Å²) in [6, 6.07) is 6.83. The van der Waals surface area contributed by atoms with Crippen molar-refractivity contribution in [1.29, 1.82) is 0 Å². The van der Waals surface area contributed by atoms with E-state index < -0.39 is 0 Å². The largest absolute Gasteiger partial charge is 0.493 e. The number of hydrogen-bond donors (Lipinski definition) is 1. The van der Waals surface area contributed by atoms with Gasteiger partial charge >= 0.3 is 0 Å². The molecule has 0 aliphatic heterocycles. The third-order valence-electron chi connectivity index (χ3n) is 3.92. The second-order valence-electron chi connectivity index (χ2n) is 5.38. The third-order valence-corrected chi connectivity index (χ3v) is 4.28. The Bertz CT molecular complexity index is 388. The summed E-state index contributed by atoms with van der Waals surface area (Å²) in [5.41, 5.74) is 1.16. The summed E-state index contributed by atoms with van der Waals surface area (Å²) in [6.07, 6.45) is 7.70. The fourth-order valence-corrected chi connectivity index (χ4v) is 2.98. The molecule has 3 heteroatoms. The number of benzene rings is 1. The fraction of sp³-hybridized carbons (Fsp3) is 0.625. The molecule has 0 radical (unpaired) electrons. The predicted octanol–water partition coefficient (Wildman–Crippen LogP) is 3.18. The second-order valence-corrected chi connectivity index (χ2v) is 5.78. The molecule has 2 N–H and O–H groups in total. The molecule has 0 aromatic heterocycles. The van der Waals surface area contributed by atoms with Crippen LogP contribution in [0.5, 0.6) is 5.75 Å². The van der Waals surface area contributed by atoms with Crippen molar-refractivity contribution in [3.63, 3.8) is 0 Å². The second kappa shape index (κ2) is 7.76. The molecule has 0 unspecified atom stereocenters. The smallest absolute Gasteiger partial charge is 0.119 e. The number of nitrogens with two attached hydrogens (primary N) is 1. The van der Waals surface area contributed by atoms with Crippen molar-refractivity contribution in [2.45, 2.75) is 51.5 Å². The Morgan fingerprint density at radius 3 is 2.84 bits per heavy atom. The van der Waals surface area contributed by atoms with Crippen LogP contribution in [0.2, 0.25) is 5.02 Å². The zero-order valence-corrected chi connectivity index (χ0v) is 12.6. The van der Waals surface area contributed by atoms with Gasteiger partial charge in [-0.05, 0) is 55.9 Å². The van der Waals surface area contributed by atoms with Gasteiger partial charge in [0.1, 0.15) is 5.75 Å². The predicted molar refractivity (Wildman–Crippen MR) is 80.0 cm³/mol. The average molecular weight is 283 g/mol. The first-order valence-corrected chi connectivity index (χ1v) is 7.92. The van der Waals surface area contributed by atoms with Crippen LogP contribution in [-0.2, 0) is 6.42 Å². The summed E-state index contributed by atoms with van der Waals surface area (Å²) < 4.78 is 5.79. The van der Waals surface area contributed by atoms with Crippen LogP contribution in [0.1, 0.15) is 44.6 Å². The van der Waals surface area contributed by atoms with Crippen molar-refractivity contribution in [1.82, 2.24) is 0 Å². The highest BCUT2D eigenvalue weighted by molar-refractivity contribution is 6.31. The van der Waals surface area contributed by atoms with Crippen LogP contribution in [0.3, 0.4) is 0 Å². The molecular weight excluding hydrogens is 258 g/mol. The van der Waals surface area contributed by atoms with Crippen molar-refractivity contribution in [3.05, 3.63) is 28.8 Å². The van der Waals surface area contributed by atoms with E-state index in [0.717, 1.165) is 41.8 Å². The molecule has 0 spiro atoms. The molecular formula is C16H25ClNO+. The maximum atomic E-state index is 6.09. The molecule has 1 fully saturated rings. The molecule has 1 aromatic carbocycles. The Morgan fingerprint density at radius 2 is 2.11 bits per heavy atom. The normalized spacial score (nSPS) is 15.9. The lowest BCUT2D eigenvalue weighted by Gasteiger charge is -2.10. The van der Waals surface area contributed by atoms with E-state index in [-0.39, 0.29) is 0 Å². The first-order valence-electron chi connectivity index (χ1n) is 7.54. The summed E-state index contributed by atoms with van der Waals surface area (Å²) in [5.74, 6) is 0.946. The molecule has 0 amide bonds. The van der Waals surface area contributed by atoms with Gasteiger partial charge < -0.3 is 10.1 Å². The summed E-state index contributed by atoms with van der Waals surface area (Å²) in [5, 5.41) is 3.33. The Labute approximate surface area is 121 Å². The Hall–Kier alpha value is -0.730. The SMILES string of the molecule is CCc1cc(OCCC[NH2+]C2CCCC2)ccc1Cl. The summed E-state index contributed by atoms with van der Waals surface area (Å²) in [6.45, 7) is 4.09. The first kappa shape index (κ1) is 14.7. The van der Waals surface area contributed by atoms with Crippen molar-refractivity contribution >= 4 is 11.6 Å². The minimum Gasteiger partial charge on any atom is -0.493 e. The fourth-order valence-electron chi connectivity index (χ4n) is 2.73. The van der Waals surface area contributed by atoms with Crippen LogP contribution >= 0.6 is 11.6 Å². The summed E-state index contributed by atoms with van der Waals surface area (Å²) in [4.78, 5) is 0. The van der Waals surface area contributed by atoms with E-state index in [1.54, 1.807) is 0 Å². The molecule has 1 aliphatic rings. The van der Waals surface area contributed by atoms with Gasteiger partial charge in [-0.3, -0.25) is 0 Å². The van der Waals surface area contributed by atoms with Crippen molar-refractivity contribution in [3.8, 4) is 5.75 Å². The van der Waals surface area contributed by atoms with E-state index in [4.69, 9.17) is 16.3 Å². The van der Waals surface area contributed by atoms with Crippen molar-refractivity contribution < 1.29 is 10.1 Å². The lowest BCUT2D eigenvalue weighted by molar-refractivity contribution is -0.688. The van der Waals surface area contributed by atoms with E-state index in [2.05, 4.69) is 18.3 Å².